The van der Waals surface area contributed by atoms with Crippen molar-refractivity contribution in [1.82, 2.24) is 10.2 Å². The van der Waals surface area contributed by atoms with Crippen molar-refractivity contribution in [2.75, 3.05) is 19.6 Å². The molecule has 0 saturated carbocycles. The highest BCUT2D eigenvalue weighted by atomic mass is 15.2. The first kappa shape index (κ1) is 15.5. The van der Waals surface area contributed by atoms with Gasteiger partial charge in [-0.15, -0.1) is 0 Å². The Morgan fingerprint density at radius 2 is 1.94 bits per heavy atom. The second kappa shape index (κ2) is 6.04. The summed E-state index contributed by atoms with van der Waals surface area (Å²) in [6, 6.07) is 2.79. The van der Waals surface area contributed by atoms with Crippen molar-refractivity contribution in [2.45, 2.75) is 65.5 Å². The highest BCUT2D eigenvalue weighted by molar-refractivity contribution is 5.07. The predicted octanol–water partition coefficient (Wildman–Crippen LogP) is 2.78. The fraction of sp³-hybridized carbons (Fsp3) is 0.933. The van der Waals surface area contributed by atoms with E-state index < -0.39 is 5.54 Å². The van der Waals surface area contributed by atoms with Crippen LogP contribution < -0.4 is 5.32 Å². The minimum atomic E-state index is -0.422. The van der Waals surface area contributed by atoms with Gasteiger partial charge in [0.15, 0.2) is 0 Å². The van der Waals surface area contributed by atoms with Gasteiger partial charge in [0.25, 0.3) is 0 Å². The van der Waals surface area contributed by atoms with Crippen LogP contribution in [0.1, 0.15) is 53.9 Å². The van der Waals surface area contributed by atoms with Gasteiger partial charge in [-0.1, -0.05) is 20.3 Å². The third-order valence-corrected chi connectivity index (χ3v) is 4.31. The summed E-state index contributed by atoms with van der Waals surface area (Å²) in [7, 11) is 0. The van der Waals surface area contributed by atoms with Crippen LogP contribution in [-0.4, -0.2) is 36.1 Å². The lowest BCUT2D eigenvalue weighted by Crippen LogP contribution is -2.54. The summed E-state index contributed by atoms with van der Waals surface area (Å²) in [5.41, 5.74) is 0.0964. The summed E-state index contributed by atoms with van der Waals surface area (Å²) in [4.78, 5) is 2.44. The van der Waals surface area contributed by atoms with Gasteiger partial charge in [0.05, 0.1) is 6.07 Å². The molecule has 1 atom stereocenters. The fourth-order valence-electron chi connectivity index (χ4n) is 2.80. The molecule has 104 valence electrons. The summed E-state index contributed by atoms with van der Waals surface area (Å²) in [5.74, 6) is 0. The molecule has 0 aromatic carbocycles. The molecule has 1 aliphatic heterocycles. The van der Waals surface area contributed by atoms with Crippen LogP contribution in [-0.2, 0) is 0 Å². The molecule has 3 heteroatoms. The standard InChI is InChI=1S/C15H29N3/c1-6-14(4)7-9-18(10-8-14)12-15(5,11-16)17-13(2)3/h13,17H,6-10,12H2,1-5H3. The van der Waals surface area contributed by atoms with Crippen molar-refractivity contribution < 1.29 is 0 Å². The quantitative estimate of drug-likeness (QED) is 0.816. The normalized spacial score (nSPS) is 23.6. The first-order valence-electron chi connectivity index (χ1n) is 7.24. The van der Waals surface area contributed by atoms with Gasteiger partial charge in [0, 0.05) is 12.6 Å². The maximum absolute atomic E-state index is 9.37. The Bertz CT molecular complexity index is 297. The van der Waals surface area contributed by atoms with Gasteiger partial charge < -0.3 is 4.90 Å². The van der Waals surface area contributed by atoms with Gasteiger partial charge >= 0.3 is 0 Å². The molecule has 1 N–H and O–H groups in total. The SMILES string of the molecule is CCC1(C)CCN(CC(C)(C#N)NC(C)C)CC1. The van der Waals surface area contributed by atoms with Crippen LogP contribution in [0.25, 0.3) is 0 Å². The van der Waals surface area contributed by atoms with Crippen LogP contribution >= 0.6 is 0 Å². The Hall–Kier alpha value is -0.590. The number of likely N-dealkylation sites (tertiary alicyclic amines) is 1. The van der Waals surface area contributed by atoms with E-state index in [0.717, 1.165) is 19.6 Å². The highest BCUT2D eigenvalue weighted by Crippen LogP contribution is 2.34. The molecule has 0 amide bonds. The molecule has 0 bridgehead atoms. The van der Waals surface area contributed by atoms with Crippen molar-refractivity contribution in [1.29, 1.82) is 5.26 Å². The van der Waals surface area contributed by atoms with Gasteiger partial charge in [-0.05, 0) is 52.1 Å². The van der Waals surface area contributed by atoms with E-state index >= 15 is 0 Å². The van der Waals surface area contributed by atoms with E-state index in [1.54, 1.807) is 0 Å². The Labute approximate surface area is 113 Å². The summed E-state index contributed by atoms with van der Waals surface area (Å²) >= 11 is 0. The second-order valence-corrected chi connectivity index (χ2v) is 6.68. The molecule has 1 heterocycles. The van der Waals surface area contributed by atoms with E-state index in [1.807, 2.05) is 6.92 Å². The van der Waals surface area contributed by atoms with E-state index in [0.29, 0.717) is 11.5 Å². The highest BCUT2D eigenvalue weighted by Gasteiger charge is 2.33. The smallest absolute Gasteiger partial charge is 0.116 e. The zero-order chi connectivity index (χ0) is 13.8. The number of nitriles is 1. The molecule has 3 nitrogen and oxygen atoms in total. The van der Waals surface area contributed by atoms with E-state index in [9.17, 15) is 5.26 Å². The maximum Gasteiger partial charge on any atom is 0.116 e. The monoisotopic (exact) mass is 251 g/mol. The average Bonchev–Trinajstić information content (AvgIpc) is 2.31. The van der Waals surface area contributed by atoms with Gasteiger partial charge in [-0.3, -0.25) is 5.32 Å². The molecular formula is C15H29N3. The zero-order valence-electron chi connectivity index (χ0n) is 12.7. The lowest BCUT2D eigenvalue weighted by atomic mass is 9.78. The van der Waals surface area contributed by atoms with Gasteiger partial charge in [-0.25, -0.2) is 0 Å². The Morgan fingerprint density at radius 1 is 1.39 bits per heavy atom. The van der Waals surface area contributed by atoms with Crippen molar-refractivity contribution >= 4 is 0 Å². The van der Waals surface area contributed by atoms with Crippen molar-refractivity contribution in [2.24, 2.45) is 5.41 Å². The topological polar surface area (TPSA) is 39.1 Å². The second-order valence-electron chi connectivity index (χ2n) is 6.68. The lowest BCUT2D eigenvalue weighted by Gasteiger charge is -2.41. The maximum atomic E-state index is 9.37. The first-order chi connectivity index (χ1) is 8.32. The third kappa shape index (κ3) is 4.26. The molecule has 0 aliphatic carbocycles. The molecule has 1 aliphatic rings. The predicted molar refractivity (Wildman–Crippen MR) is 76.4 cm³/mol. The number of hydrogen-bond acceptors (Lipinski definition) is 3. The minimum absolute atomic E-state index is 0.348. The van der Waals surface area contributed by atoms with Crippen LogP contribution in [0.5, 0.6) is 0 Å². The van der Waals surface area contributed by atoms with Crippen molar-refractivity contribution in [3.05, 3.63) is 0 Å². The lowest BCUT2D eigenvalue weighted by molar-refractivity contribution is 0.0978. The van der Waals surface area contributed by atoms with Gasteiger partial charge in [-0.2, -0.15) is 5.26 Å². The first-order valence-corrected chi connectivity index (χ1v) is 7.24. The summed E-state index contributed by atoms with van der Waals surface area (Å²) in [5, 5.41) is 12.8. The third-order valence-electron chi connectivity index (χ3n) is 4.31. The number of nitrogens with zero attached hydrogens (tertiary/aromatic N) is 2. The molecule has 0 spiro atoms. The number of rotatable bonds is 5. The van der Waals surface area contributed by atoms with Gasteiger partial charge in [0.1, 0.15) is 5.54 Å². The summed E-state index contributed by atoms with van der Waals surface area (Å²) in [6.45, 7) is 14.0. The Balaban J connectivity index is 2.51. The van der Waals surface area contributed by atoms with E-state index in [-0.39, 0.29) is 0 Å². The minimum Gasteiger partial charge on any atom is -0.300 e. The van der Waals surface area contributed by atoms with E-state index in [1.165, 1.54) is 19.3 Å². The molecule has 1 saturated heterocycles. The summed E-state index contributed by atoms with van der Waals surface area (Å²) in [6.07, 6.45) is 3.78. The number of hydrogen-bond donors (Lipinski definition) is 1. The zero-order valence-corrected chi connectivity index (χ0v) is 12.7. The molecular weight excluding hydrogens is 222 g/mol. The molecule has 0 aromatic rings. The number of piperidine rings is 1. The molecule has 0 aromatic heterocycles. The van der Waals surface area contributed by atoms with Crippen LogP contribution in [0.3, 0.4) is 0 Å². The van der Waals surface area contributed by atoms with Gasteiger partial charge in [0.2, 0.25) is 0 Å². The average molecular weight is 251 g/mol. The molecule has 1 fully saturated rings. The number of nitrogens with one attached hydrogen (secondary N) is 1. The Kier molecular flexibility index (Phi) is 5.19. The molecule has 18 heavy (non-hydrogen) atoms. The van der Waals surface area contributed by atoms with Crippen LogP contribution in [0, 0.1) is 16.7 Å². The van der Waals surface area contributed by atoms with Crippen LogP contribution in [0.15, 0.2) is 0 Å². The summed E-state index contributed by atoms with van der Waals surface area (Å²) < 4.78 is 0. The van der Waals surface area contributed by atoms with E-state index in [2.05, 4.69) is 44.0 Å². The van der Waals surface area contributed by atoms with E-state index in [4.69, 9.17) is 0 Å². The largest absolute Gasteiger partial charge is 0.300 e. The molecule has 1 unspecified atom stereocenters. The molecule has 1 rings (SSSR count). The Morgan fingerprint density at radius 3 is 2.33 bits per heavy atom. The van der Waals surface area contributed by atoms with Crippen LogP contribution in [0.4, 0.5) is 0 Å². The van der Waals surface area contributed by atoms with Crippen molar-refractivity contribution in [3.63, 3.8) is 0 Å². The fourth-order valence-corrected chi connectivity index (χ4v) is 2.80. The van der Waals surface area contributed by atoms with Crippen molar-refractivity contribution in [3.8, 4) is 6.07 Å². The molecule has 0 radical (unpaired) electrons. The van der Waals surface area contributed by atoms with Crippen LogP contribution in [0.2, 0.25) is 0 Å².